The van der Waals surface area contributed by atoms with Gasteiger partial charge in [-0.1, -0.05) is 65.7 Å². The molecule has 0 amide bonds. The third-order valence-electron chi connectivity index (χ3n) is 3.56. The van der Waals surface area contributed by atoms with Gasteiger partial charge in [0.25, 0.3) is 0 Å². The topological polar surface area (TPSA) is 0 Å². The van der Waals surface area contributed by atoms with Crippen molar-refractivity contribution >= 4 is 34.0 Å². The van der Waals surface area contributed by atoms with Crippen LogP contribution in [0.3, 0.4) is 0 Å². The molecule has 86 valence electrons. The van der Waals surface area contributed by atoms with Crippen molar-refractivity contribution in [3.8, 4) is 22.3 Å². The fourth-order valence-electron chi connectivity index (χ4n) is 2.81. The lowest BCUT2D eigenvalue weighted by molar-refractivity contribution is 1.69. The Balaban J connectivity index is 2.28. The van der Waals surface area contributed by atoms with Crippen molar-refractivity contribution in [2.75, 3.05) is 0 Å². The molecule has 0 heterocycles. The Morgan fingerprint density at radius 3 is 2.17 bits per heavy atom. The minimum absolute atomic E-state index is 0.611. The predicted molar refractivity (Wildman–Crippen MR) is 78.4 cm³/mol. The Morgan fingerprint density at radius 1 is 0.667 bits per heavy atom. The quantitative estimate of drug-likeness (QED) is 0.379. The largest absolute Gasteiger partial charge is 0.0827 e. The second-order valence-electron chi connectivity index (χ2n) is 4.49. The van der Waals surface area contributed by atoms with Crippen molar-refractivity contribution < 1.29 is 0 Å². The van der Waals surface area contributed by atoms with Gasteiger partial charge in [0, 0.05) is 5.56 Å². The highest BCUT2D eigenvalue weighted by Gasteiger charge is 2.24. The van der Waals surface area contributed by atoms with E-state index in [0.717, 1.165) is 5.56 Å². The van der Waals surface area contributed by atoms with Gasteiger partial charge in [0.15, 0.2) is 0 Å². The lowest BCUT2D eigenvalue weighted by atomic mass is 10.0. The third-order valence-corrected chi connectivity index (χ3v) is 4.36. The van der Waals surface area contributed by atoms with Crippen molar-refractivity contribution in [2.24, 2.45) is 0 Å². The summed E-state index contributed by atoms with van der Waals surface area (Å²) in [6.07, 6.45) is 0. The van der Waals surface area contributed by atoms with Crippen LogP contribution in [0.15, 0.2) is 48.5 Å². The van der Waals surface area contributed by atoms with Crippen LogP contribution in [0.5, 0.6) is 0 Å². The van der Waals surface area contributed by atoms with Crippen molar-refractivity contribution in [3.05, 3.63) is 58.6 Å². The molecule has 4 rings (SSSR count). The lowest BCUT2D eigenvalue weighted by Crippen LogP contribution is -1.79. The number of hydrogen-bond donors (Lipinski definition) is 0. The van der Waals surface area contributed by atoms with Crippen LogP contribution in [-0.4, -0.2) is 0 Å². The van der Waals surface area contributed by atoms with Crippen LogP contribution < -0.4 is 0 Å². The minimum atomic E-state index is 0.611. The van der Waals surface area contributed by atoms with E-state index in [4.69, 9.17) is 23.2 Å². The van der Waals surface area contributed by atoms with Crippen molar-refractivity contribution in [1.29, 1.82) is 0 Å². The van der Waals surface area contributed by atoms with E-state index in [0.29, 0.717) is 10.0 Å². The average molecular weight is 271 g/mol. The van der Waals surface area contributed by atoms with E-state index < -0.39 is 0 Å². The van der Waals surface area contributed by atoms with Gasteiger partial charge in [0.1, 0.15) is 0 Å². The van der Waals surface area contributed by atoms with Crippen LogP contribution in [0.1, 0.15) is 0 Å². The molecule has 1 aliphatic rings. The Kier molecular flexibility index (Phi) is 2.03. The zero-order valence-electron chi connectivity index (χ0n) is 9.37. The highest BCUT2D eigenvalue weighted by molar-refractivity contribution is 6.45. The molecular formula is C16H8Cl2. The first kappa shape index (κ1) is 10.4. The van der Waals surface area contributed by atoms with E-state index in [1.807, 2.05) is 6.07 Å². The highest BCUT2D eigenvalue weighted by Crippen LogP contribution is 2.51. The van der Waals surface area contributed by atoms with Gasteiger partial charge in [-0.05, 0) is 33.5 Å². The van der Waals surface area contributed by atoms with Gasteiger partial charge in [-0.3, -0.25) is 0 Å². The fraction of sp³-hybridized carbons (Fsp3) is 0. The van der Waals surface area contributed by atoms with E-state index in [9.17, 15) is 0 Å². The first-order chi connectivity index (χ1) is 8.77. The summed E-state index contributed by atoms with van der Waals surface area (Å²) >= 11 is 12.5. The Labute approximate surface area is 115 Å². The summed E-state index contributed by atoms with van der Waals surface area (Å²) in [7, 11) is 0. The van der Waals surface area contributed by atoms with Crippen LogP contribution >= 0.6 is 23.2 Å². The molecule has 3 aromatic carbocycles. The molecule has 2 heteroatoms. The van der Waals surface area contributed by atoms with Crippen LogP contribution in [0.25, 0.3) is 33.0 Å². The summed E-state index contributed by atoms with van der Waals surface area (Å²) in [6.45, 7) is 0. The standard InChI is InChI=1S/C16H8Cl2/c17-13-8-7-11-10-5-1-3-9-4-2-6-12(14(9)10)15(11)16(13)18/h1-8H. The van der Waals surface area contributed by atoms with Gasteiger partial charge in [-0.2, -0.15) is 0 Å². The van der Waals surface area contributed by atoms with Gasteiger partial charge in [-0.25, -0.2) is 0 Å². The number of halogens is 2. The van der Waals surface area contributed by atoms with Crippen LogP contribution in [-0.2, 0) is 0 Å². The van der Waals surface area contributed by atoms with Crippen LogP contribution in [0.2, 0.25) is 10.0 Å². The van der Waals surface area contributed by atoms with Crippen molar-refractivity contribution in [3.63, 3.8) is 0 Å². The monoisotopic (exact) mass is 270 g/mol. The molecule has 0 nitrogen and oxygen atoms in total. The minimum Gasteiger partial charge on any atom is -0.0827 e. The first-order valence-corrected chi connectivity index (χ1v) is 6.53. The van der Waals surface area contributed by atoms with E-state index in [-0.39, 0.29) is 0 Å². The Bertz CT molecular complexity index is 798. The molecule has 0 aromatic heterocycles. The van der Waals surface area contributed by atoms with Gasteiger partial charge in [0.2, 0.25) is 0 Å². The summed E-state index contributed by atoms with van der Waals surface area (Å²) in [6, 6.07) is 16.6. The summed E-state index contributed by atoms with van der Waals surface area (Å²) in [5.41, 5.74) is 4.68. The average Bonchev–Trinajstić information content (AvgIpc) is 2.72. The second-order valence-corrected chi connectivity index (χ2v) is 5.28. The normalized spacial score (nSPS) is 11.9. The zero-order valence-corrected chi connectivity index (χ0v) is 10.9. The molecule has 18 heavy (non-hydrogen) atoms. The van der Waals surface area contributed by atoms with E-state index in [1.165, 1.54) is 27.5 Å². The third kappa shape index (κ3) is 1.17. The highest BCUT2D eigenvalue weighted by atomic mass is 35.5. The molecule has 3 aromatic rings. The maximum Gasteiger partial charge on any atom is 0.0677 e. The summed E-state index contributed by atoms with van der Waals surface area (Å²) in [5.74, 6) is 0. The smallest absolute Gasteiger partial charge is 0.0677 e. The zero-order chi connectivity index (χ0) is 12.3. The molecule has 0 radical (unpaired) electrons. The molecule has 0 fully saturated rings. The number of rotatable bonds is 0. The molecular weight excluding hydrogens is 263 g/mol. The first-order valence-electron chi connectivity index (χ1n) is 5.78. The molecule has 0 aliphatic heterocycles. The molecule has 0 bridgehead atoms. The summed E-state index contributed by atoms with van der Waals surface area (Å²) in [5, 5.41) is 3.78. The molecule has 0 saturated carbocycles. The predicted octanol–water partition coefficient (Wildman–Crippen LogP) is 5.79. The SMILES string of the molecule is Clc1ccc2c(c1Cl)-c1cccc3cccc-2c13. The summed E-state index contributed by atoms with van der Waals surface area (Å²) in [4.78, 5) is 0. The summed E-state index contributed by atoms with van der Waals surface area (Å²) < 4.78 is 0. The van der Waals surface area contributed by atoms with Crippen LogP contribution in [0.4, 0.5) is 0 Å². The number of benzene rings is 3. The molecule has 0 atom stereocenters. The van der Waals surface area contributed by atoms with Crippen LogP contribution in [0, 0.1) is 0 Å². The fourth-order valence-corrected chi connectivity index (χ4v) is 3.24. The number of fused-ring (bicyclic) bond motifs is 3. The second kappa shape index (κ2) is 3.50. The maximum absolute atomic E-state index is 6.38. The van der Waals surface area contributed by atoms with Crippen molar-refractivity contribution in [1.82, 2.24) is 0 Å². The van der Waals surface area contributed by atoms with Gasteiger partial charge in [0.05, 0.1) is 10.0 Å². The van der Waals surface area contributed by atoms with E-state index in [1.54, 1.807) is 0 Å². The Morgan fingerprint density at radius 2 is 1.39 bits per heavy atom. The maximum atomic E-state index is 6.38. The lowest BCUT2D eigenvalue weighted by Gasteiger charge is -2.05. The van der Waals surface area contributed by atoms with E-state index >= 15 is 0 Å². The van der Waals surface area contributed by atoms with Gasteiger partial charge in [-0.15, -0.1) is 0 Å². The Hall–Kier alpha value is -1.50. The van der Waals surface area contributed by atoms with Crippen molar-refractivity contribution in [2.45, 2.75) is 0 Å². The molecule has 0 N–H and O–H groups in total. The number of hydrogen-bond acceptors (Lipinski definition) is 0. The molecule has 0 spiro atoms. The van der Waals surface area contributed by atoms with Gasteiger partial charge >= 0.3 is 0 Å². The molecule has 0 unspecified atom stereocenters. The molecule has 0 saturated heterocycles. The van der Waals surface area contributed by atoms with E-state index in [2.05, 4.69) is 42.5 Å². The van der Waals surface area contributed by atoms with Gasteiger partial charge < -0.3 is 0 Å². The molecule has 1 aliphatic carbocycles.